The molecule has 1 aliphatic rings. The van der Waals surface area contributed by atoms with Crippen molar-refractivity contribution in [3.05, 3.63) is 29.7 Å². The molecule has 1 fully saturated rings. The summed E-state index contributed by atoms with van der Waals surface area (Å²) < 4.78 is 5.85. The Balaban J connectivity index is 1.83. The number of piperidine rings is 1. The minimum atomic E-state index is 0.539. The van der Waals surface area contributed by atoms with Gasteiger partial charge in [-0.05, 0) is 37.9 Å². The molecular weight excluding hydrogens is 212 g/mol. The Bertz CT molecular complexity index is 512. The van der Waals surface area contributed by atoms with Gasteiger partial charge in [-0.15, -0.1) is 0 Å². The third kappa shape index (κ3) is 2.20. The van der Waals surface area contributed by atoms with E-state index in [0.29, 0.717) is 6.04 Å². The summed E-state index contributed by atoms with van der Waals surface area (Å²) in [6.07, 6.45) is 4.76. The molecule has 2 heterocycles. The quantitative estimate of drug-likeness (QED) is 0.862. The lowest BCUT2D eigenvalue weighted by Crippen LogP contribution is -2.35. The summed E-state index contributed by atoms with van der Waals surface area (Å²) in [6, 6.07) is 6.65. The van der Waals surface area contributed by atoms with E-state index in [9.17, 15) is 0 Å². The average Bonchev–Trinajstić information content (AvgIpc) is 2.74. The van der Waals surface area contributed by atoms with Crippen LogP contribution in [0.15, 0.2) is 22.6 Å². The smallest absolute Gasteiger partial charge is 0.197 e. The fraction of sp³-hybridized carbons (Fsp3) is 0.500. The first-order valence-electron chi connectivity index (χ1n) is 6.41. The Morgan fingerprint density at radius 2 is 2.35 bits per heavy atom. The third-order valence-electron chi connectivity index (χ3n) is 3.49. The molecule has 90 valence electrons. The lowest BCUT2D eigenvalue weighted by Gasteiger charge is -2.21. The molecule has 1 aromatic carbocycles. The van der Waals surface area contributed by atoms with Gasteiger partial charge in [0.05, 0.1) is 0 Å². The number of oxazole rings is 1. The largest absolute Gasteiger partial charge is 0.440 e. The van der Waals surface area contributed by atoms with Crippen LogP contribution in [0, 0.1) is 6.92 Å². The molecule has 0 bridgehead atoms. The molecule has 3 heteroatoms. The summed E-state index contributed by atoms with van der Waals surface area (Å²) in [6.45, 7) is 3.19. The summed E-state index contributed by atoms with van der Waals surface area (Å²) in [5.74, 6) is 0.869. The van der Waals surface area contributed by atoms with Crippen LogP contribution in [-0.2, 0) is 6.42 Å². The van der Waals surface area contributed by atoms with Crippen LogP contribution in [0.3, 0.4) is 0 Å². The van der Waals surface area contributed by atoms with Crippen molar-refractivity contribution in [3.8, 4) is 0 Å². The van der Waals surface area contributed by atoms with Crippen LogP contribution in [0.5, 0.6) is 0 Å². The van der Waals surface area contributed by atoms with E-state index in [1.54, 1.807) is 0 Å². The van der Waals surface area contributed by atoms with Crippen LogP contribution in [0.1, 0.15) is 30.7 Å². The topological polar surface area (TPSA) is 38.1 Å². The fourth-order valence-corrected chi connectivity index (χ4v) is 2.53. The molecule has 0 aliphatic carbocycles. The van der Waals surface area contributed by atoms with Gasteiger partial charge in [0.1, 0.15) is 5.52 Å². The number of aromatic nitrogens is 1. The van der Waals surface area contributed by atoms with Gasteiger partial charge >= 0.3 is 0 Å². The van der Waals surface area contributed by atoms with E-state index in [2.05, 4.69) is 23.3 Å². The van der Waals surface area contributed by atoms with Crippen LogP contribution in [0.25, 0.3) is 11.1 Å². The second-order valence-electron chi connectivity index (χ2n) is 4.88. The molecule has 0 radical (unpaired) electrons. The van der Waals surface area contributed by atoms with E-state index in [1.807, 2.05) is 12.1 Å². The zero-order valence-corrected chi connectivity index (χ0v) is 10.2. The van der Waals surface area contributed by atoms with Crippen molar-refractivity contribution >= 4 is 11.1 Å². The maximum absolute atomic E-state index is 5.85. The van der Waals surface area contributed by atoms with Crippen molar-refractivity contribution in [1.29, 1.82) is 0 Å². The van der Waals surface area contributed by atoms with Crippen molar-refractivity contribution in [3.63, 3.8) is 0 Å². The Hall–Kier alpha value is -1.35. The molecule has 0 amide bonds. The molecule has 1 atom stereocenters. The maximum Gasteiger partial charge on any atom is 0.197 e. The number of nitrogens with zero attached hydrogens (tertiary/aromatic N) is 1. The summed E-state index contributed by atoms with van der Waals surface area (Å²) in [4.78, 5) is 4.56. The average molecular weight is 230 g/mol. The number of nitrogens with one attached hydrogen (secondary N) is 1. The molecule has 1 saturated heterocycles. The minimum absolute atomic E-state index is 0.539. The highest BCUT2D eigenvalue weighted by molar-refractivity contribution is 5.75. The fourth-order valence-electron chi connectivity index (χ4n) is 2.53. The SMILES string of the molecule is Cc1cccc2nc(CC3CCCCN3)oc12. The van der Waals surface area contributed by atoms with Gasteiger partial charge in [-0.2, -0.15) is 0 Å². The van der Waals surface area contributed by atoms with Crippen LogP contribution >= 0.6 is 0 Å². The van der Waals surface area contributed by atoms with E-state index >= 15 is 0 Å². The summed E-state index contributed by atoms with van der Waals surface area (Å²) in [5.41, 5.74) is 3.09. The predicted octanol–water partition coefficient (Wildman–Crippen LogP) is 2.82. The molecule has 3 rings (SSSR count). The molecule has 0 spiro atoms. The number of fused-ring (bicyclic) bond motifs is 1. The lowest BCUT2D eigenvalue weighted by molar-refractivity contribution is 0.372. The Kier molecular flexibility index (Phi) is 2.85. The van der Waals surface area contributed by atoms with Crippen LogP contribution in [-0.4, -0.2) is 17.6 Å². The lowest BCUT2D eigenvalue weighted by atomic mass is 10.0. The van der Waals surface area contributed by atoms with E-state index in [1.165, 1.54) is 19.3 Å². The number of para-hydroxylation sites is 1. The molecule has 1 aromatic heterocycles. The van der Waals surface area contributed by atoms with E-state index in [0.717, 1.165) is 35.5 Å². The van der Waals surface area contributed by atoms with Crippen molar-refractivity contribution in [2.24, 2.45) is 0 Å². The zero-order valence-electron chi connectivity index (χ0n) is 10.2. The van der Waals surface area contributed by atoms with Crippen molar-refractivity contribution in [1.82, 2.24) is 10.3 Å². The summed E-state index contributed by atoms with van der Waals surface area (Å²) in [5, 5.41) is 3.53. The van der Waals surface area contributed by atoms with Gasteiger partial charge in [-0.25, -0.2) is 4.98 Å². The van der Waals surface area contributed by atoms with Gasteiger partial charge in [0.25, 0.3) is 0 Å². The number of hydrogen-bond donors (Lipinski definition) is 1. The number of hydrogen-bond acceptors (Lipinski definition) is 3. The van der Waals surface area contributed by atoms with Gasteiger partial charge in [0.2, 0.25) is 0 Å². The van der Waals surface area contributed by atoms with E-state index in [4.69, 9.17) is 4.42 Å². The molecule has 2 aromatic rings. The van der Waals surface area contributed by atoms with E-state index < -0.39 is 0 Å². The molecule has 1 unspecified atom stereocenters. The third-order valence-corrected chi connectivity index (χ3v) is 3.49. The van der Waals surface area contributed by atoms with Crippen LogP contribution in [0.2, 0.25) is 0 Å². The number of aryl methyl sites for hydroxylation is 1. The van der Waals surface area contributed by atoms with Crippen LogP contribution < -0.4 is 5.32 Å². The molecule has 1 aliphatic heterocycles. The monoisotopic (exact) mass is 230 g/mol. The molecular formula is C14H18N2O. The molecule has 3 nitrogen and oxygen atoms in total. The first-order chi connectivity index (χ1) is 8.33. The van der Waals surface area contributed by atoms with Crippen molar-refractivity contribution in [2.45, 2.75) is 38.6 Å². The first kappa shape index (κ1) is 10.8. The van der Waals surface area contributed by atoms with Gasteiger partial charge in [-0.1, -0.05) is 18.6 Å². The van der Waals surface area contributed by atoms with Crippen molar-refractivity contribution in [2.75, 3.05) is 6.54 Å². The van der Waals surface area contributed by atoms with Gasteiger partial charge in [0.15, 0.2) is 11.5 Å². The number of rotatable bonds is 2. The predicted molar refractivity (Wildman–Crippen MR) is 68.1 cm³/mol. The summed E-state index contributed by atoms with van der Waals surface area (Å²) in [7, 11) is 0. The molecule has 1 N–H and O–H groups in total. The van der Waals surface area contributed by atoms with E-state index in [-0.39, 0.29) is 0 Å². The normalized spacial score (nSPS) is 20.9. The molecule has 0 saturated carbocycles. The zero-order chi connectivity index (χ0) is 11.7. The van der Waals surface area contributed by atoms with Gasteiger partial charge < -0.3 is 9.73 Å². The Morgan fingerprint density at radius 1 is 1.41 bits per heavy atom. The highest BCUT2D eigenvalue weighted by atomic mass is 16.3. The Labute approximate surface area is 101 Å². The first-order valence-corrected chi connectivity index (χ1v) is 6.41. The maximum atomic E-state index is 5.85. The highest BCUT2D eigenvalue weighted by Crippen LogP contribution is 2.21. The van der Waals surface area contributed by atoms with Crippen LogP contribution in [0.4, 0.5) is 0 Å². The highest BCUT2D eigenvalue weighted by Gasteiger charge is 2.16. The molecule has 17 heavy (non-hydrogen) atoms. The Morgan fingerprint density at radius 3 is 3.12 bits per heavy atom. The summed E-state index contributed by atoms with van der Waals surface area (Å²) >= 11 is 0. The second-order valence-corrected chi connectivity index (χ2v) is 4.88. The van der Waals surface area contributed by atoms with Gasteiger partial charge in [-0.3, -0.25) is 0 Å². The second kappa shape index (κ2) is 4.49. The minimum Gasteiger partial charge on any atom is -0.440 e. The van der Waals surface area contributed by atoms with Gasteiger partial charge in [0, 0.05) is 12.5 Å². The standard InChI is InChI=1S/C14H18N2O/c1-10-5-4-7-12-14(10)17-13(16-12)9-11-6-2-3-8-15-11/h4-5,7,11,15H,2-3,6,8-9H2,1H3. The number of benzene rings is 1. The van der Waals surface area contributed by atoms with Crippen molar-refractivity contribution < 1.29 is 4.42 Å².